The van der Waals surface area contributed by atoms with Crippen LogP contribution in [0.15, 0.2) is 42.5 Å². The van der Waals surface area contributed by atoms with Crippen LogP contribution >= 0.6 is 0 Å². The van der Waals surface area contributed by atoms with E-state index < -0.39 is 6.10 Å². The smallest absolute Gasteiger partial charge is 0.257 e. The molecule has 0 bridgehead atoms. The number of ether oxygens (including phenoxy) is 2. The predicted molar refractivity (Wildman–Crippen MR) is 132 cm³/mol. The molecule has 0 spiro atoms. The Balaban J connectivity index is 1.38. The molecule has 2 aliphatic heterocycles. The van der Waals surface area contributed by atoms with Crippen LogP contribution in [0, 0.1) is 5.82 Å². The Morgan fingerprint density at radius 3 is 2.72 bits per heavy atom. The largest absolute Gasteiger partial charge is 0.490 e. The highest BCUT2D eigenvalue weighted by atomic mass is 19.1. The number of likely N-dealkylation sites (N-methyl/N-ethyl adjacent to an activating group) is 1. The van der Waals surface area contributed by atoms with Crippen molar-refractivity contribution in [3.05, 3.63) is 59.4 Å². The van der Waals surface area contributed by atoms with E-state index in [1.165, 1.54) is 6.07 Å². The Kier molecular flexibility index (Phi) is 8.20. The molecule has 4 rings (SSSR count). The molecule has 0 saturated carbocycles. The van der Waals surface area contributed by atoms with Crippen molar-refractivity contribution in [1.82, 2.24) is 10.2 Å². The van der Waals surface area contributed by atoms with Gasteiger partial charge in [0.15, 0.2) is 0 Å². The standard InChI is InChI=1S/C27H32FN3O5/c1-3-6-25(32)30-18-9-12-23-20(13-18)27(34)31(2)22-11-10-19(36-24(22)16-35-23)14-26(33)29-15-17-7-4-5-8-21(17)28/h4-5,7-9,12-13,19,22,24H,3,6,10-11,14-16H2,1-2H3,(H,29,33)(H,30,32)/t19-,22-,24+/m0/s1. The predicted octanol–water partition coefficient (Wildman–Crippen LogP) is 3.65. The molecule has 1 saturated heterocycles. The average Bonchev–Trinajstić information content (AvgIpc) is 2.86. The highest BCUT2D eigenvalue weighted by Crippen LogP contribution is 2.32. The summed E-state index contributed by atoms with van der Waals surface area (Å²) in [4.78, 5) is 39.4. The maximum atomic E-state index is 13.8. The molecule has 0 unspecified atom stereocenters. The number of nitrogens with one attached hydrogen (secondary N) is 2. The van der Waals surface area contributed by atoms with Crippen molar-refractivity contribution in [3.8, 4) is 5.75 Å². The summed E-state index contributed by atoms with van der Waals surface area (Å²) in [7, 11) is 1.74. The third-order valence-corrected chi connectivity index (χ3v) is 6.62. The van der Waals surface area contributed by atoms with Crippen LogP contribution in [0.5, 0.6) is 5.75 Å². The van der Waals surface area contributed by atoms with Crippen molar-refractivity contribution in [2.45, 2.75) is 63.8 Å². The van der Waals surface area contributed by atoms with Crippen LogP contribution in [0.4, 0.5) is 10.1 Å². The van der Waals surface area contributed by atoms with E-state index in [-0.39, 0.29) is 55.3 Å². The first-order valence-corrected chi connectivity index (χ1v) is 12.3. The first-order valence-electron chi connectivity index (χ1n) is 12.3. The van der Waals surface area contributed by atoms with Gasteiger partial charge in [0.25, 0.3) is 5.91 Å². The summed E-state index contributed by atoms with van der Waals surface area (Å²) in [6.07, 6.45) is 1.83. The molecule has 2 aromatic rings. The van der Waals surface area contributed by atoms with Crippen molar-refractivity contribution < 1.29 is 28.2 Å². The summed E-state index contributed by atoms with van der Waals surface area (Å²) in [5, 5.41) is 5.57. The fraction of sp³-hybridized carbons (Fsp3) is 0.444. The maximum Gasteiger partial charge on any atom is 0.257 e. The molecule has 192 valence electrons. The molecular weight excluding hydrogens is 465 g/mol. The highest BCUT2D eigenvalue weighted by Gasteiger charge is 2.39. The van der Waals surface area contributed by atoms with Crippen LogP contribution in [-0.4, -0.2) is 54.5 Å². The van der Waals surface area contributed by atoms with Crippen LogP contribution in [0.25, 0.3) is 0 Å². The summed E-state index contributed by atoms with van der Waals surface area (Å²) in [5.41, 5.74) is 1.37. The van der Waals surface area contributed by atoms with Crippen molar-refractivity contribution in [3.63, 3.8) is 0 Å². The Bertz CT molecular complexity index is 1120. The molecule has 36 heavy (non-hydrogen) atoms. The molecule has 2 N–H and O–H groups in total. The second-order valence-electron chi connectivity index (χ2n) is 9.25. The van der Waals surface area contributed by atoms with Gasteiger partial charge in [-0.15, -0.1) is 0 Å². The molecule has 9 heteroatoms. The van der Waals surface area contributed by atoms with E-state index in [9.17, 15) is 18.8 Å². The van der Waals surface area contributed by atoms with Crippen molar-refractivity contribution in [1.29, 1.82) is 0 Å². The van der Waals surface area contributed by atoms with Gasteiger partial charge in [0.05, 0.1) is 24.1 Å². The van der Waals surface area contributed by atoms with E-state index >= 15 is 0 Å². The zero-order valence-corrected chi connectivity index (χ0v) is 20.6. The number of anilines is 1. The Morgan fingerprint density at radius 1 is 1.14 bits per heavy atom. The number of halogens is 1. The van der Waals surface area contributed by atoms with Gasteiger partial charge in [-0.1, -0.05) is 25.1 Å². The second-order valence-corrected chi connectivity index (χ2v) is 9.25. The fourth-order valence-corrected chi connectivity index (χ4v) is 4.67. The van der Waals surface area contributed by atoms with E-state index in [2.05, 4.69) is 10.6 Å². The Hall–Kier alpha value is -3.46. The number of carbonyl (C=O) groups excluding carboxylic acids is 3. The summed E-state index contributed by atoms with van der Waals surface area (Å²) >= 11 is 0. The summed E-state index contributed by atoms with van der Waals surface area (Å²) in [5.74, 6) is -0.469. The fourth-order valence-electron chi connectivity index (χ4n) is 4.67. The first kappa shape index (κ1) is 25.6. The van der Waals surface area contributed by atoms with Gasteiger partial charge in [-0.25, -0.2) is 4.39 Å². The lowest BCUT2D eigenvalue weighted by molar-refractivity contribution is -0.134. The quantitative estimate of drug-likeness (QED) is 0.609. The van der Waals surface area contributed by atoms with Crippen LogP contribution in [-0.2, 0) is 20.9 Å². The van der Waals surface area contributed by atoms with E-state index in [4.69, 9.17) is 9.47 Å². The summed E-state index contributed by atoms with van der Waals surface area (Å²) in [6.45, 7) is 2.27. The molecule has 8 nitrogen and oxygen atoms in total. The van der Waals surface area contributed by atoms with E-state index in [1.807, 2.05) is 6.92 Å². The monoisotopic (exact) mass is 497 g/mol. The lowest BCUT2D eigenvalue weighted by Crippen LogP contribution is -2.53. The molecule has 0 radical (unpaired) electrons. The number of hydrogen-bond donors (Lipinski definition) is 2. The lowest BCUT2D eigenvalue weighted by atomic mass is 9.94. The van der Waals surface area contributed by atoms with Gasteiger partial charge in [-0.3, -0.25) is 14.4 Å². The van der Waals surface area contributed by atoms with Gasteiger partial charge < -0.3 is 25.0 Å². The number of benzene rings is 2. The molecule has 0 aliphatic carbocycles. The molecule has 1 fully saturated rings. The zero-order valence-electron chi connectivity index (χ0n) is 20.6. The minimum atomic E-state index is -0.394. The summed E-state index contributed by atoms with van der Waals surface area (Å²) < 4.78 is 26.0. The normalized spacial score (nSPS) is 21.4. The zero-order chi connectivity index (χ0) is 25.7. The van der Waals surface area contributed by atoms with Gasteiger partial charge >= 0.3 is 0 Å². The third kappa shape index (κ3) is 6.02. The number of rotatable bonds is 7. The second kappa shape index (κ2) is 11.5. The van der Waals surface area contributed by atoms with Gasteiger partial charge in [0, 0.05) is 31.3 Å². The Morgan fingerprint density at radius 2 is 1.94 bits per heavy atom. The first-order chi connectivity index (χ1) is 17.4. The number of hydrogen-bond acceptors (Lipinski definition) is 5. The number of fused-ring (bicyclic) bond motifs is 2. The molecule has 2 aromatic carbocycles. The number of amides is 3. The van der Waals surface area contributed by atoms with Crippen molar-refractivity contribution in [2.24, 2.45) is 0 Å². The van der Waals surface area contributed by atoms with Crippen molar-refractivity contribution >= 4 is 23.4 Å². The molecule has 2 heterocycles. The van der Waals surface area contributed by atoms with Gasteiger partial charge in [0.2, 0.25) is 11.8 Å². The highest BCUT2D eigenvalue weighted by molar-refractivity contribution is 5.99. The van der Waals surface area contributed by atoms with E-state index in [1.54, 1.807) is 48.3 Å². The summed E-state index contributed by atoms with van der Waals surface area (Å²) in [6, 6.07) is 11.2. The molecule has 3 atom stereocenters. The van der Waals surface area contributed by atoms with Gasteiger partial charge in [-0.05, 0) is 43.5 Å². The van der Waals surface area contributed by atoms with Gasteiger partial charge in [0.1, 0.15) is 24.3 Å². The lowest BCUT2D eigenvalue weighted by Gasteiger charge is -2.42. The van der Waals surface area contributed by atoms with Gasteiger partial charge in [-0.2, -0.15) is 0 Å². The van der Waals surface area contributed by atoms with Crippen molar-refractivity contribution in [2.75, 3.05) is 19.0 Å². The van der Waals surface area contributed by atoms with Crippen LogP contribution in [0.1, 0.15) is 54.9 Å². The third-order valence-electron chi connectivity index (χ3n) is 6.62. The molecule has 0 aromatic heterocycles. The average molecular weight is 498 g/mol. The number of nitrogens with zero attached hydrogens (tertiary/aromatic N) is 1. The SMILES string of the molecule is CCCC(=O)Nc1ccc2c(c1)C(=O)N(C)[C@H]1CC[C@@H](CC(=O)NCc3ccccc3F)O[C@@H]1CO2. The van der Waals surface area contributed by atoms with Crippen LogP contribution in [0.3, 0.4) is 0 Å². The van der Waals surface area contributed by atoms with E-state index in [0.717, 1.165) is 6.42 Å². The number of carbonyl (C=O) groups is 3. The molecular formula is C27H32FN3O5. The van der Waals surface area contributed by atoms with Crippen LogP contribution in [0.2, 0.25) is 0 Å². The topological polar surface area (TPSA) is 97.0 Å². The van der Waals surface area contributed by atoms with E-state index in [0.29, 0.717) is 41.8 Å². The molecule has 2 aliphatic rings. The molecule has 3 amide bonds. The van der Waals surface area contributed by atoms with Crippen LogP contribution < -0.4 is 15.4 Å². The maximum absolute atomic E-state index is 13.8. The minimum absolute atomic E-state index is 0.102. The minimum Gasteiger partial charge on any atom is -0.490 e. The Labute approximate surface area is 210 Å².